The van der Waals surface area contributed by atoms with Gasteiger partial charge in [0.25, 0.3) is 0 Å². The van der Waals surface area contributed by atoms with Crippen LogP contribution in [0, 0.1) is 0 Å². The van der Waals surface area contributed by atoms with E-state index >= 15 is 0 Å². The van der Waals surface area contributed by atoms with Gasteiger partial charge in [0, 0.05) is 5.69 Å². The molecule has 0 spiro atoms. The molecule has 0 atom stereocenters. The quantitative estimate of drug-likeness (QED) is 0.155. The Morgan fingerprint density at radius 3 is 2.08 bits per heavy atom. The van der Waals surface area contributed by atoms with E-state index in [2.05, 4.69) is 15.8 Å². The third-order valence-corrected chi connectivity index (χ3v) is 4.73. The van der Waals surface area contributed by atoms with Crippen molar-refractivity contribution >= 4 is 29.7 Å². The van der Waals surface area contributed by atoms with E-state index in [9.17, 15) is 14.4 Å². The van der Waals surface area contributed by atoms with Crippen LogP contribution in [0.4, 0.5) is 5.69 Å². The molecule has 0 radical (unpaired) electrons. The fourth-order valence-electron chi connectivity index (χ4n) is 2.92. The largest absolute Gasteiger partial charge is 0.497 e. The van der Waals surface area contributed by atoms with E-state index in [1.165, 1.54) is 20.4 Å². The van der Waals surface area contributed by atoms with Gasteiger partial charge in [-0.3, -0.25) is 9.59 Å². The monoisotopic (exact) mass is 491 g/mol. The Morgan fingerprint density at radius 2 is 1.47 bits per heavy atom. The van der Waals surface area contributed by atoms with Crippen LogP contribution >= 0.6 is 0 Å². The number of amides is 2. The molecule has 2 amide bonds. The number of hydrogen-bond acceptors (Lipinski definition) is 8. The number of ether oxygens (including phenoxy) is 4. The maximum absolute atomic E-state index is 12.5. The maximum atomic E-state index is 12.5. The predicted molar refractivity (Wildman–Crippen MR) is 133 cm³/mol. The van der Waals surface area contributed by atoms with Crippen LogP contribution in [0.25, 0.3) is 0 Å². The summed E-state index contributed by atoms with van der Waals surface area (Å²) in [6.45, 7) is 2.12. The molecule has 3 rings (SSSR count). The predicted octanol–water partition coefficient (Wildman–Crippen LogP) is 3.41. The second-order valence-electron chi connectivity index (χ2n) is 7.14. The number of nitrogens with one attached hydrogen (secondary N) is 2. The molecule has 10 nitrogen and oxygen atoms in total. The first-order valence-corrected chi connectivity index (χ1v) is 10.8. The van der Waals surface area contributed by atoms with Gasteiger partial charge in [0.15, 0.2) is 11.5 Å². The van der Waals surface area contributed by atoms with Gasteiger partial charge in [-0.2, -0.15) is 5.10 Å². The summed E-state index contributed by atoms with van der Waals surface area (Å²) >= 11 is 0. The van der Waals surface area contributed by atoms with Crippen molar-refractivity contribution in [1.82, 2.24) is 5.43 Å². The summed E-state index contributed by atoms with van der Waals surface area (Å²) in [5.41, 5.74) is 3.48. The molecule has 0 fully saturated rings. The molecule has 186 valence electrons. The van der Waals surface area contributed by atoms with E-state index in [-0.39, 0.29) is 5.75 Å². The van der Waals surface area contributed by atoms with Gasteiger partial charge in [0.05, 0.1) is 32.6 Å². The summed E-state index contributed by atoms with van der Waals surface area (Å²) in [7, 11) is 3.06. The summed E-state index contributed by atoms with van der Waals surface area (Å²) in [4.78, 5) is 36.6. The van der Waals surface area contributed by atoms with Crippen molar-refractivity contribution < 1.29 is 33.3 Å². The Labute approximate surface area is 207 Å². The zero-order valence-corrected chi connectivity index (χ0v) is 19.9. The lowest BCUT2D eigenvalue weighted by atomic mass is 10.2. The standard InChI is InChI=1S/C26H25N3O7/c1-4-35-23-15-17(5-14-22(23)36-26(32)18-6-10-20(33-2)11-7-18)16-27-29-25(31)24(30)28-19-8-12-21(34-3)13-9-19/h5-16H,4H2,1-3H3,(H,28,30)(H,29,31)/b27-16+. The van der Waals surface area contributed by atoms with Crippen molar-refractivity contribution in [3.63, 3.8) is 0 Å². The van der Waals surface area contributed by atoms with Crippen LogP contribution in [0.2, 0.25) is 0 Å². The number of anilines is 1. The number of carbonyl (C=O) groups excluding carboxylic acids is 3. The molecule has 0 saturated carbocycles. The van der Waals surface area contributed by atoms with Crippen LogP contribution in [-0.2, 0) is 9.59 Å². The number of carbonyl (C=O) groups is 3. The Bertz CT molecular complexity index is 1240. The van der Waals surface area contributed by atoms with Crippen molar-refractivity contribution in [3.05, 3.63) is 77.9 Å². The van der Waals surface area contributed by atoms with E-state index in [1.807, 2.05) is 0 Å². The minimum atomic E-state index is -0.947. The van der Waals surface area contributed by atoms with Gasteiger partial charge in [-0.25, -0.2) is 10.2 Å². The third-order valence-electron chi connectivity index (χ3n) is 4.73. The topological polar surface area (TPSA) is 125 Å². The van der Waals surface area contributed by atoms with Crippen molar-refractivity contribution in [3.8, 4) is 23.0 Å². The molecule has 3 aromatic carbocycles. The van der Waals surface area contributed by atoms with E-state index in [0.717, 1.165) is 0 Å². The summed E-state index contributed by atoms with van der Waals surface area (Å²) in [5, 5.41) is 6.26. The van der Waals surface area contributed by atoms with Crippen LogP contribution in [0.5, 0.6) is 23.0 Å². The molecular weight excluding hydrogens is 466 g/mol. The fourth-order valence-corrected chi connectivity index (χ4v) is 2.92. The van der Waals surface area contributed by atoms with Crippen molar-refractivity contribution in [2.75, 3.05) is 26.1 Å². The fraction of sp³-hybridized carbons (Fsp3) is 0.154. The molecule has 0 heterocycles. The third kappa shape index (κ3) is 7.07. The summed E-state index contributed by atoms with van der Waals surface area (Å²) in [6, 6.07) is 17.8. The molecule has 0 unspecified atom stereocenters. The first-order chi connectivity index (χ1) is 17.4. The summed E-state index contributed by atoms with van der Waals surface area (Å²) in [6.07, 6.45) is 1.33. The Hall–Kier alpha value is -4.86. The van der Waals surface area contributed by atoms with Gasteiger partial charge >= 0.3 is 17.8 Å². The molecule has 0 aliphatic rings. The van der Waals surface area contributed by atoms with E-state index in [4.69, 9.17) is 18.9 Å². The number of esters is 1. The number of methoxy groups -OCH3 is 2. The summed E-state index contributed by atoms with van der Waals surface area (Å²) in [5.74, 6) is -0.615. The van der Waals surface area contributed by atoms with E-state index in [1.54, 1.807) is 73.7 Å². The first-order valence-electron chi connectivity index (χ1n) is 10.8. The van der Waals surface area contributed by atoms with Crippen LogP contribution in [0.1, 0.15) is 22.8 Å². The molecule has 10 heteroatoms. The number of hydrogen-bond donors (Lipinski definition) is 2. The molecular formula is C26H25N3O7. The highest BCUT2D eigenvalue weighted by molar-refractivity contribution is 6.39. The van der Waals surface area contributed by atoms with Crippen molar-refractivity contribution in [1.29, 1.82) is 0 Å². The SMILES string of the molecule is CCOc1cc(/C=N/NC(=O)C(=O)Nc2ccc(OC)cc2)ccc1OC(=O)c1ccc(OC)cc1. The van der Waals surface area contributed by atoms with Crippen molar-refractivity contribution in [2.45, 2.75) is 6.92 Å². The van der Waals surface area contributed by atoms with Gasteiger partial charge in [-0.1, -0.05) is 0 Å². The minimum Gasteiger partial charge on any atom is -0.497 e. The average molecular weight is 492 g/mol. The maximum Gasteiger partial charge on any atom is 0.343 e. The van der Waals surface area contributed by atoms with Gasteiger partial charge in [0.2, 0.25) is 0 Å². The zero-order chi connectivity index (χ0) is 25.9. The lowest BCUT2D eigenvalue weighted by molar-refractivity contribution is -0.136. The first kappa shape index (κ1) is 25.8. The molecule has 0 saturated heterocycles. The Balaban J connectivity index is 1.61. The molecule has 0 bridgehead atoms. The molecule has 0 aromatic heterocycles. The van der Waals surface area contributed by atoms with Gasteiger partial charge in [-0.15, -0.1) is 0 Å². The van der Waals surface area contributed by atoms with Crippen molar-refractivity contribution in [2.24, 2.45) is 5.10 Å². The zero-order valence-electron chi connectivity index (χ0n) is 19.9. The second kappa shape index (κ2) is 12.6. The second-order valence-corrected chi connectivity index (χ2v) is 7.14. The highest BCUT2D eigenvalue weighted by atomic mass is 16.6. The molecule has 0 aliphatic heterocycles. The van der Waals surface area contributed by atoms with Crippen LogP contribution in [0.15, 0.2) is 71.8 Å². The minimum absolute atomic E-state index is 0.220. The molecule has 0 aliphatic carbocycles. The Kier molecular flexibility index (Phi) is 8.99. The number of hydrazone groups is 1. The smallest absolute Gasteiger partial charge is 0.343 e. The van der Waals surface area contributed by atoms with E-state index in [0.29, 0.717) is 40.7 Å². The van der Waals surface area contributed by atoms with Crippen LogP contribution in [-0.4, -0.2) is 44.8 Å². The molecule has 36 heavy (non-hydrogen) atoms. The van der Waals surface area contributed by atoms with Crippen LogP contribution < -0.4 is 29.7 Å². The molecule has 2 N–H and O–H groups in total. The van der Waals surface area contributed by atoms with Gasteiger partial charge < -0.3 is 24.3 Å². The number of rotatable bonds is 9. The lowest BCUT2D eigenvalue weighted by Crippen LogP contribution is -2.32. The number of benzene rings is 3. The summed E-state index contributed by atoms with van der Waals surface area (Å²) < 4.78 is 21.2. The normalized spacial score (nSPS) is 10.4. The number of nitrogens with zero attached hydrogens (tertiary/aromatic N) is 1. The van der Waals surface area contributed by atoms with Crippen LogP contribution in [0.3, 0.4) is 0 Å². The lowest BCUT2D eigenvalue weighted by Gasteiger charge is -2.11. The average Bonchev–Trinajstić information content (AvgIpc) is 2.90. The molecule has 3 aromatic rings. The van der Waals surface area contributed by atoms with Gasteiger partial charge in [0.1, 0.15) is 11.5 Å². The van der Waals surface area contributed by atoms with E-state index < -0.39 is 17.8 Å². The Morgan fingerprint density at radius 1 is 0.833 bits per heavy atom. The van der Waals surface area contributed by atoms with Gasteiger partial charge in [-0.05, 0) is 79.2 Å². The highest BCUT2D eigenvalue weighted by Crippen LogP contribution is 2.29. The highest BCUT2D eigenvalue weighted by Gasteiger charge is 2.15.